The monoisotopic (exact) mass is 237 g/mol. The van der Waals surface area contributed by atoms with Gasteiger partial charge in [0.1, 0.15) is 0 Å². The summed E-state index contributed by atoms with van der Waals surface area (Å²) in [7, 11) is 0. The molecule has 0 radical (unpaired) electrons. The molecule has 0 bridgehead atoms. The highest BCUT2D eigenvalue weighted by molar-refractivity contribution is 5.93. The van der Waals surface area contributed by atoms with E-state index in [0.29, 0.717) is 18.7 Å². The number of ether oxygens (including phenoxy) is 1. The molecule has 1 aromatic rings. The van der Waals surface area contributed by atoms with E-state index in [9.17, 15) is 4.79 Å². The summed E-state index contributed by atoms with van der Waals surface area (Å²) in [6.45, 7) is 9.21. The van der Waals surface area contributed by atoms with Gasteiger partial charge in [-0.15, -0.1) is 0 Å². The van der Waals surface area contributed by atoms with Gasteiger partial charge in [0.15, 0.2) is 0 Å². The van der Waals surface area contributed by atoms with Crippen LogP contribution in [0.15, 0.2) is 12.4 Å². The number of aromatic nitrogens is 2. The summed E-state index contributed by atoms with van der Waals surface area (Å²) in [6, 6.07) is 0. The van der Waals surface area contributed by atoms with Crippen LogP contribution in [0.3, 0.4) is 0 Å². The normalized spacial score (nSPS) is 22.5. The first-order valence-electron chi connectivity index (χ1n) is 5.77. The third-order valence-electron chi connectivity index (χ3n) is 2.73. The Morgan fingerprint density at radius 2 is 1.94 bits per heavy atom. The zero-order valence-corrected chi connectivity index (χ0v) is 10.8. The van der Waals surface area contributed by atoms with Crippen LogP contribution in [-0.2, 0) is 4.74 Å². The summed E-state index contributed by atoms with van der Waals surface area (Å²) in [5.41, 5.74) is -0.0408. The SMILES string of the molecule is CC1(C)CN(C(=O)c2cn[nH]c2)CC(C)(C)O1. The number of hydrogen-bond donors (Lipinski definition) is 1. The molecule has 1 aliphatic rings. The predicted octanol–water partition coefficient (Wildman–Crippen LogP) is 1.44. The number of nitrogens with one attached hydrogen (secondary N) is 1. The van der Waals surface area contributed by atoms with E-state index in [0.717, 1.165) is 0 Å². The topological polar surface area (TPSA) is 58.2 Å². The van der Waals surface area contributed by atoms with Crippen molar-refractivity contribution >= 4 is 5.91 Å². The lowest BCUT2D eigenvalue weighted by Crippen LogP contribution is -2.58. The van der Waals surface area contributed by atoms with E-state index < -0.39 is 0 Å². The molecule has 0 aliphatic carbocycles. The fourth-order valence-electron chi connectivity index (χ4n) is 2.48. The molecule has 94 valence electrons. The van der Waals surface area contributed by atoms with E-state index in [1.807, 2.05) is 32.6 Å². The van der Waals surface area contributed by atoms with E-state index in [-0.39, 0.29) is 17.1 Å². The number of morpholine rings is 1. The number of nitrogens with zero attached hydrogens (tertiary/aromatic N) is 2. The van der Waals surface area contributed by atoms with Crippen molar-refractivity contribution in [3.8, 4) is 0 Å². The zero-order valence-electron chi connectivity index (χ0n) is 10.8. The molecule has 5 heteroatoms. The molecule has 0 saturated carbocycles. The maximum Gasteiger partial charge on any atom is 0.257 e. The van der Waals surface area contributed by atoms with Crippen LogP contribution in [0.5, 0.6) is 0 Å². The maximum atomic E-state index is 12.2. The van der Waals surface area contributed by atoms with Crippen molar-refractivity contribution in [1.29, 1.82) is 0 Å². The zero-order chi connectivity index (χ0) is 12.7. The minimum Gasteiger partial charge on any atom is -0.366 e. The van der Waals surface area contributed by atoms with Gasteiger partial charge in [-0.1, -0.05) is 0 Å². The summed E-state index contributed by atoms with van der Waals surface area (Å²) in [6.07, 6.45) is 3.18. The second-order valence-electron chi connectivity index (χ2n) is 5.77. The van der Waals surface area contributed by atoms with Crippen molar-refractivity contribution in [2.45, 2.75) is 38.9 Å². The first-order valence-corrected chi connectivity index (χ1v) is 5.77. The van der Waals surface area contributed by atoms with E-state index in [1.54, 1.807) is 12.4 Å². The molecule has 1 fully saturated rings. The molecule has 2 rings (SSSR count). The summed E-state index contributed by atoms with van der Waals surface area (Å²) in [5, 5.41) is 6.47. The fraction of sp³-hybridized carbons (Fsp3) is 0.667. The summed E-state index contributed by atoms with van der Waals surface area (Å²) < 4.78 is 5.94. The number of amides is 1. The minimum absolute atomic E-state index is 0.00296. The Morgan fingerprint density at radius 1 is 1.35 bits per heavy atom. The van der Waals surface area contributed by atoms with Gasteiger partial charge in [0.05, 0.1) is 23.0 Å². The predicted molar refractivity (Wildman–Crippen MR) is 63.7 cm³/mol. The van der Waals surface area contributed by atoms with Crippen molar-refractivity contribution in [2.24, 2.45) is 0 Å². The molecule has 1 aliphatic heterocycles. The van der Waals surface area contributed by atoms with E-state index >= 15 is 0 Å². The van der Waals surface area contributed by atoms with Gasteiger partial charge < -0.3 is 9.64 Å². The van der Waals surface area contributed by atoms with Gasteiger partial charge in [-0.25, -0.2) is 0 Å². The molecule has 1 aromatic heterocycles. The van der Waals surface area contributed by atoms with Crippen LogP contribution in [0.4, 0.5) is 0 Å². The van der Waals surface area contributed by atoms with Gasteiger partial charge in [-0.3, -0.25) is 9.89 Å². The second kappa shape index (κ2) is 3.84. The van der Waals surface area contributed by atoms with Crippen LogP contribution in [-0.4, -0.2) is 45.3 Å². The quantitative estimate of drug-likeness (QED) is 0.804. The number of carbonyl (C=O) groups is 1. The molecule has 0 spiro atoms. The maximum absolute atomic E-state index is 12.2. The van der Waals surface area contributed by atoms with Crippen molar-refractivity contribution in [2.75, 3.05) is 13.1 Å². The Morgan fingerprint density at radius 3 is 2.41 bits per heavy atom. The van der Waals surface area contributed by atoms with Gasteiger partial charge >= 0.3 is 0 Å². The lowest BCUT2D eigenvalue weighted by atomic mass is 9.98. The minimum atomic E-state index is -0.318. The summed E-state index contributed by atoms with van der Waals surface area (Å²) >= 11 is 0. The summed E-state index contributed by atoms with van der Waals surface area (Å²) in [5.74, 6) is 0.00296. The highest BCUT2D eigenvalue weighted by Gasteiger charge is 2.40. The average Bonchev–Trinajstić information content (AvgIpc) is 2.63. The van der Waals surface area contributed by atoms with Crippen molar-refractivity contribution in [3.63, 3.8) is 0 Å². The molecule has 0 atom stereocenters. The molecule has 1 N–H and O–H groups in total. The lowest BCUT2D eigenvalue weighted by molar-refractivity contribution is -0.171. The number of hydrogen-bond acceptors (Lipinski definition) is 3. The molecule has 5 nitrogen and oxygen atoms in total. The molecule has 0 aromatic carbocycles. The standard InChI is InChI=1S/C12H19N3O2/c1-11(2)7-15(8-12(3,4)17-11)10(16)9-5-13-14-6-9/h5-6H,7-8H2,1-4H3,(H,13,14). The first kappa shape index (κ1) is 12.1. The number of rotatable bonds is 1. The Hall–Kier alpha value is -1.36. The molecule has 2 heterocycles. The van der Waals surface area contributed by atoms with Crippen LogP contribution in [0, 0.1) is 0 Å². The fourth-order valence-corrected chi connectivity index (χ4v) is 2.48. The van der Waals surface area contributed by atoms with E-state index in [2.05, 4.69) is 10.2 Å². The van der Waals surface area contributed by atoms with Crippen molar-refractivity contribution in [3.05, 3.63) is 18.0 Å². The smallest absolute Gasteiger partial charge is 0.257 e. The van der Waals surface area contributed by atoms with Crippen LogP contribution in [0.25, 0.3) is 0 Å². The largest absolute Gasteiger partial charge is 0.366 e. The van der Waals surface area contributed by atoms with Crippen LogP contribution in [0.2, 0.25) is 0 Å². The second-order valence-corrected chi connectivity index (χ2v) is 5.77. The molecular formula is C12H19N3O2. The van der Waals surface area contributed by atoms with Gasteiger partial charge in [-0.05, 0) is 27.7 Å². The third-order valence-corrected chi connectivity index (χ3v) is 2.73. The Balaban J connectivity index is 2.19. The van der Waals surface area contributed by atoms with E-state index in [1.165, 1.54) is 0 Å². The molecule has 17 heavy (non-hydrogen) atoms. The third kappa shape index (κ3) is 2.66. The Kier molecular flexibility index (Phi) is 2.73. The average molecular weight is 237 g/mol. The summed E-state index contributed by atoms with van der Waals surface area (Å²) in [4.78, 5) is 14.1. The van der Waals surface area contributed by atoms with Crippen molar-refractivity contribution < 1.29 is 9.53 Å². The highest BCUT2D eigenvalue weighted by Crippen LogP contribution is 2.28. The van der Waals surface area contributed by atoms with E-state index in [4.69, 9.17) is 4.74 Å². The van der Waals surface area contributed by atoms with Crippen molar-refractivity contribution in [1.82, 2.24) is 15.1 Å². The van der Waals surface area contributed by atoms with Gasteiger partial charge in [-0.2, -0.15) is 5.10 Å². The van der Waals surface area contributed by atoms with Gasteiger partial charge in [0.2, 0.25) is 0 Å². The molecular weight excluding hydrogens is 218 g/mol. The van der Waals surface area contributed by atoms with Crippen LogP contribution in [0.1, 0.15) is 38.1 Å². The Bertz CT molecular complexity index is 393. The number of H-pyrrole nitrogens is 1. The van der Waals surface area contributed by atoms with Gasteiger partial charge in [0.25, 0.3) is 5.91 Å². The molecule has 1 amide bonds. The highest BCUT2D eigenvalue weighted by atomic mass is 16.5. The first-order chi connectivity index (χ1) is 7.79. The number of carbonyl (C=O) groups excluding carboxylic acids is 1. The lowest BCUT2D eigenvalue weighted by Gasteiger charge is -2.47. The molecule has 1 saturated heterocycles. The van der Waals surface area contributed by atoms with Crippen LogP contribution >= 0.6 is 0 Å². The molecule has 0 unspecified atom stereocenters. The number of aromatic amines is 1. The Labute approximate surface area is 101 Å². The van der Waals surface area contributed by atoms with Crippen LogP contribution < -0.4 is 0 Å². The van der Waals surface area contributed by atoms with Gasteiger partial charge in [0, 0.05) is 19.3 Å².